The molecule has 0 saturated heterocycles. The number of ether oxygens (including phenoxy) is 2. The Balaban J connectivity index is 2.07. The molecule has 0 radical (unpaired) electrons. The molecule has 2 rings (SSSR count). The fourth-order valence-electron chi connectivity index (χ4n) is 2.23. The summed E-state index contributed by atoms with van der Waals surface area (Å²) in [6.07, 6.45) is 2.06. The van der Waals surface area contributed by atoms with Crippen LogP contribution in [0.1, 0.15) is 41.4 Å². The zero-order valence-electron chi connectivity index (χ0n) is 13.9. The number of nitrogens with one attached hydrogen (secondary N) is 1. The van der Waals surface area contributed by atoms with Crippen LogP contribution in [0.25, 0.3) is 0 Å². The third-order valence-corrected chi connectivity index (χ3v) is 4.35. The van der Waals surface area contributed by atoms with Crippen molar-refractivity contribution < 1.29 is 19.1 Å². The quantitative estimate of drug-likeness (QED) is 0.775. The molecule has 0 aliphatic rings. The number of aromatic nitrogens is 1. The Labute approximate surface area is 144 Å². The van der Waals surface area contributed by atoms with Gasteiger partial charge in [-0.3, -0.25) is 4.79 Å². The van der Waals surface area contributed by atoms with Crippen molar-refractivity contribution in [2.75, 3.05) is 19.0 Å². The van der Waals surface area contributed by atoms with Crippen LogP contribution in [0, 0.1) is 0 Å². The lowest BCUT2D eigenvalue weighted by molar-refractivity contribution is -0.117. The molecule has 0 bridgehead atoms. The summed E-state index contributed by atoms with van der Waals surface area (Å²) in [4.78, 5) is 28.6. The smallest absolute Gasteiger partial charge is 0.350 e. The van der Waals surface area contributed by atoms with Gasteiger partial charge in [0.25, 0.3) is 0 Å². The highest BCUT2D eigenvalue weighted by Crippen LogP contribution is 2.25. The van der Waals surface area contributed by atoms with E-state index in [1.807, 2.05) is 31.2 Å². The second kappa shape index (κ2) is 8.44. The minimum atomic E-state index is -0.433. The SMILES string of the molecule is CCOC(=O)c1cnc(NC(=O)C(CC)c2ccc(OC)cc2)s1. The topological polar surface area (TPSA) is 77.5 Å². The van der Waals surface area contributed by atoms with Gasteiger partial charge in [-0.2, -0.15) is 0 Å². The fraction of sp³-hybridized carbons (Fsp3) is 0.353. The first kappa shape index (κ1) is 17.9. The van der Waals surface area contributed by atoms with Crippen LogP contribution in [0.4, 0.5) is 5.13 Å². The number of benzene rings is 1. The number of nitrogens with zero attached hydrogens (tertiary/aromatic N) is 1. The van der Waals surface area contributed by atoms with Crippen LogP contribution in [-0.2, 0) is 9.53 Å². The lowest BCUT2D eigenvalue weighted by atomic mass is 9.95. The lowest BCUT2D eigenvalue weighted by Crippen LogP contribution is -2.20. The Kier molecular flexibility index (Phi) is 6.31. The third kappa shape index (κ3) is 4.32. The molecule has 6 nitrogen and oxygen atoms in total. The molecule has 2 aromatic rings. The maximum Gasteiger partial charge on any atom is 0.350 e. The molecular weight excluding hydrogens is 328 g/mol. The monoisotopic (exact) mass is 348 g/mol. The maximum atomic E-state index is 12.5. The van der Waals surface area contributed by atoms with Gasteiger partial charge in [-0.05, 0) is 31.0 Å². The highest BCUT2D eigenvalue weighted by Gasteiger charge is 2.21. The Hall–Kier alpha value is -2.41. The number of anilines is 1. The van der Waals surface area contributed by atoms with Crippen LogP contribution in [-0.4, -0.2) is 30.6 Å². The summed E-state index contributed by atoms with van der Waals surface area (Å²) in [5, 5.41) is 3.15. The molecule has 1 aromatic carbocycles. The van der Waals surface area contributed by atoms with Gasteiger partial charge in [0.05, 0.1) is 25.8 Å². The van der Waals surface area contributed by atoms with Crippen LogP contribution < -0.4 is 10.1 Å². The second-order valence-corrected chi connectivity index (χ2v) is 6.00. The number of esters is 1. The van der Waals surface area contributed by atoms with E-state index in [4.69, 9.17) is 9.47 Å². The lowest BCUT2D eigenvalue weighted by Gasteiger charge is -2.14. The van der Waals surface area contributed by atoms with Gasteiger partial charge in [0.1, 0.15) is 10.6 Å². The second-order valence-electron chi connectivity index (χ2n) is 4.97. The van der Waals surface area contributed by atoms with E-state index in [0.717, 1.165) is 22.6 Å². The predicted octanol–water partition coefficient (Wildman–Crippen LogP) is 3.46. The van der Waals surface area contributed by atoms with Gasteiger partial charge in [0.2, 0.25) is 5.91 Å². The van der Waals surface area contributed by atoms with Crippen molar-refractivity contribution in [1.29, 1.82) is 0 Å². The van der Waals surface area contributed by atoms with E-state index in [9.17, 15) is 9.59 Å². The molecular formula is C17H20N2O4S. The largest absolute Gasteiger partial charge is 0.497 e. The van der Waals surface area contributed by atoms with E-state index in [-0.39, 0.29) is 11.8 Å². The standard InChI is InChI=1S/C17H20N2O4S/c1-4-13(11-6-8-12(22-3)9-7-11)15(20)19-17-18-10-14(24-17)16(21)23-5-2/h6-10,13H,4-5H2,1-3H3,(H,18,19,20). The van der Waals surface area contributed by atoms with E-state index in [2.05, 4.69) is 10.3 Å². The number of methoxy groups -OCH3 is 1. The zero-order valence-corrected chi connectivity index (χ0v) is 14.7. The number of hydrogen-bond acceptors (Lipinski definition) is 6. The molecule has 0 aliphatic carbocycles. The summed E-state index contributed by atoms with van der Waals surface area (Å²) >= 11 is 1.10. The van der Waals surface area contributed by atoms with Crippen molar-refractivity contribution in [3.63, 3.8) is 0 Å². The van der Waals surface area contributed by atoms with E-state index in [0.29, 0.717) is 23.0 Å². The number of thiazole rings is 1. The number of rotatable bonds is 7. The summed E-state index contributed by atoms with van der Waals surface area (Å²) in [6.45, 7) is 3.98. The molecule has 24 heavy (non-hydrogen) atoms. The summed E-state index contributed by atoms with van der Waals surface area (Å²) in [7, 11) is 1.60. The Morgan fingerprint density at radius 2 is 1.96 bits per heavy atom. The van der Waals surface area contributed by atoms with Crippen molar-refractivity contribution in [3.05, 3.63) is 40.9 Å². The average molecular weight is 348 g/mol. The van der Waals surface area contributed by atoms with Gasteiger partial charge >= 0.3 is 5.97 Å². The van der Waals surface area contributed by atoms with Gasteiger partial charge in [0, 0.05) is 0 Å². The summed E-state index contributed by atoms with van der Waals surface area (Å²) in [5.41, 5.74) is 0.901. The highest BCUT2D eigenvalue weighted by atomic mass is 32.1. The van der Waals surface area contributed by atoms with Gasteiger partial charge in [-0.25, -0.2) is 9.78 Å². The zero-order chi connectivity index (χ0) is 17.5. The molecule has 1 amide bonds. The molecule has 7 heteroatoms. The molecule has 1 aromatic heterocycles. The van der Waals surface area contributed by atoms with Crippen molar-refractivity contribution in [3.8, 4) is 5.75 Å². The van der Waals surface area contributed by atoms with Crippen molar-refractivity contribution in [1.82, 2.24) is 4.98 Å². The minimum absolute atomic E-state index is 0.160. The van der Waals surface area contributed by atoms with Gasteiger partial charge in [-0.1, -0.05) is 30.4 Å². The normalized spacial score (nSPS) is 11.6. The van der Waals surface area contributed by atoms with Crippen molar-refractivity contribution >= 4 is 28.3 Å². The molecule has 1 heterocycles. The minimum Gasteiger partial charge on any atom is -0.497 e. The van der Waals surface area contributed by atoms with Crippen LogP contribution >= 0.6 is 11.3 Å². The molecule has 1 atom stereocenters. The maximum absolute atomic E-state index is 12.5. The molecule has 1 unspecified atom stereocenters. The summed E-state index contributed by atoms with van der Waals surface area (Å²) in [6, 6.07) is 7.40. The van der Waals surface area contributed by atoms with E-state index in [1.54, 1.807) is 14.0 Å². The van der Waals surface area contributed by atoms with E-state index >= 15 is 0 Å². The van der Waals surface area contributed by atoms with Gasteiger partial charge < -0.3 is 14.8 Å². The number of carbonyl (C=O) groups excluding carboxylic acids is 2. The number of hydrogen-bond donors (Lipinski definition) is 1. The first-order valence-electron chi connectivity index (χ1n) is 7.66. The van der Waals surface area contributed by atoms with Gasteiger partial charge in [0.15, 0.2) is 5.13 Å². The predicted molar refractivity (Wildman–Crippen MR) is 92.7 cm³/mol. The molecule has 0 aliphatic heterocycles. The number of amides is 1. The van der Waals surface area contributed by atoms with Crippen LogP contribution in [0.3, 0.4) is 0 Å². The molecule has 1 N–H and O–H groups in total. The Morgan fingerprint density at radius 3 is 2.54 bits per heavy atom. The Bertz CT molecular complexity index is 697. The summed E-state index contributed by atoms with van der Waals surface area (Å²) in [5.74, 6) is -0.149. The molecule has 128 valence electrons. The van der Waals surface area contributed by atoms with Crippen molar-refractivity contribution in [2.45, 2.75) is 26.2 Å². The average Bonchev–Trinajstić information content (AvgIpc) is 3.05. The first-order valence-corrected chi connectivity index (χ1v) is 8.48. The molecule has 0 fully saturated rings. The molecule has 0 saturated carbocycles. The van der Waals surface area contributed by atoms with E-state index < -0.39 is 5.97 Å². The molecule has 0 spiro atoms. The first-order chi connectivity index (χ1) is 11.6. The third-order valence-electron chi connectivity index (χ3n) is 3.46. The van der Waals surface area contributed by atoms with Gasteiger partial charge in [-0.15, -0.1) is 0 Å². The Morgan fingerprint density at radius 1 is 1.25 bits per heavy atom. The van der Waals surface area contributed by atoms with E-state index in [1.165, 1.54) is 6.20 Å². The summed E-state index contributed by atoms with van der Waals surface area (Å²) < 4.78 is 10.0. The van der Waals surface area contributed by atoms with Crippen molar-refractivity contribution in [2.24, 2.45) is 0 Å². The number of carbonyl (C=O) groups is 2. The van der Waals surface area contributed by atoms with Crippen LogP contribution in [0.5, 0.6) is 5.75 Å². The van der Waals surface area contributed by atoms with Crippen LogP contribution in [0.15, 0.2) is 30.5 Å². The highest BCUT2D eigenvalue weighted by molar-refractivity contribution is 7.17. The van der Waals surface area contributed by atoms with Crippen LogP contribution in [0.2, 0.25) is 0 Å². The fourth-order valence-corrected chi connectivity index (χ4v) is 2.94.